The van der Waals surface area contributed by atoms with Gasteiger partial charge in [0.25, 0.3) is 17.7 Å². The van der Waals surface area contributed by atoms with Gasteiger partial charge in [0, 0.05) is 16.7 Å². The van der Waals surface area contributed by atoms with Gasteiger partial charge in [0.05, 0.1) is 28.1 Å². The summed E-state index contributed by atoms with van der Waals surface area (Å²) in [7, 11) is 0. The SMILES string of the molecule is CC1CCN(C(=O)COC(=O)c2ccc(N3C(=O)c4ccccc4C3=O)cc2)c2ccccc2S1. The van der Waals surface area contributed by atoms with Crippen molar-refractivity contribution >= 4 is 46.8 Å². The van der Waals surface area contributed by atoms with Crippen molar-refractivity contribution < 1.29 is 23.9 Å². The van der Waals surface area contributed by atoms with Gasteiger partial charge in [-0.2, -0.15) is 0 Å². The lowest BCUT2D eigenvalue weighted by molar-refractivity contribution is -0.121. The maximum absolute atomic E-state index is 12.9. The van der Waals surface area contributed by atoms with Crippen molar-refractivity contribution in [2.75, 3.05) is 23.0 Å². The minimum atomic E-state index is -0.655. The number of carbonyl (C=O) groups is 4. The Balaban J connectivity index is 1.25. The van der Waals surface area contributed by atoms with E-state index in [-0.39, 0.29) is 18.1 Å². The molecule has 0 aromatic heterocycles. The molecule has 7 nitrogen and oxygen atoms in total. The Bertz CT molecular complexity index is 1300. The van der Waals surface area contributed by atoms with Crippen LogP contribution >= 0.6 is 11.8 Å². The van der Waals surface area contributed by atoms with Crippen molar-refractivity contribution in [1.82, 2.24) is 0 Å². The molecule has 0 bridgehead atoms. The first-order valence-corrected chi connectivity index (χ1v) is 12.1. The van der Waals surface area contributed by atoms with Crippen molar-refractivity contribution in [3.05, 3.63) is 89.5 Å². The summed E-state index contributed by atoms with van der Waals surface area (Å²) in [6.07, 6.45) is 0.832. The lowest BCUT2D eigenvalue weighted by Crippen LogP contribution is -2.35. The van der Waals surface area contributed by atoms with Gasteiger partial charge in [-0.25, -0.2) is 9.69 Å². The zero-order valence-corrected chi connectivity index (χ0v) is 19.8. The Labute approximate surface area is 206 Å². The van der Waals surface area contributed by atoms with Crippen LogP contribution in [0.5, 0.6) is 0 Å². The molecule has 1 unspecified atom stereocenters. The van der Waals surface area contributed by atoms with Gasteiger partial charge in [0.2, 0.25) is 0 Å². The Hall–Kier alpha value is -3.91. The Kier molecular flexibility index (Phi) is 6.13. The first kappa shape index (κ1) is 22.9. The number of nitrogens with zero attached hydrogens (tertiary/aromatic N) is 2. The molecular weight excluding hydrogens is 464 g/mol. The number of fused-ring (bicyclic) bond motifs is 2. The van der Waals surface area contributed by atoms with Gasteiger partial charge in [-0.15, -0.1) is 11.8 Å². The van der Waals surface area contributed by atoms with Crippen LogP contribution in [0.25, 0.3) is 0 Å². The van der Waals surface area contributed by atoms with E-state index in [1.165, 1.54) is 24.3 Å². The zero-order valence-electron chi connectivity index (χ0n) is 19.0. The molecule has 1 atom stereocenters. The first-order chi connectivity index (χ1) is 16.9. The molecule has 3 aromatic rings. The smallest absolute Gasteiger partial charge is 0.338 e. The first-order valence-electron chi connectivity index (χ1n) is 11.2. The summed E-state index contributed by atoms with van der Waals surface area (Å²) < 4.78 is 5.30. The van der Waals surface area contributed by atoms with Gasteiger partial charge < -0.3 is 9.64 Å². The van der Waals surface area contributed by atoms with Crippen LogP contribution in [0.15, 0.2) is 77.7 Å². The molecule has 0 spiro atoms. The molecular formula is C27H22N2O5S. The topological polar surface area (TPSA) is 84.0 Å². The average Bonchev–Trinajstić information content (AvgIpc) is 3.01. The number of hydrogen-bond acceptors (Lipinski definition) is 6. The quantitative estimate of drug-likeness (QED) is 0.397. The van der Waals surface area contributed by atoms with Crippen molar-refractivity contribution in [3.63, 3.8) is 0 Å². The van der Waals surface area contributed by atoms with Gasteiger partial charge in [0.15, 0.2) is 6.61 Å². The fraction of sp³-hybridized carbons (Fsp3) is 0.185. The standard InChI is InChI=1S/C27H22N2O5S/c1-17-14-15-28(22-8-4-5-9-23(22)35-17)24(30)16-34-27(33)18-10-12-19(13-11-18)29-25(31)20-6-2-3-7-21(20)26(29)32/h2-13,17H,14-16H2,1H3. The monoisotopic (exact) mass is 486 g/mol. The predicted molar refractivity (Wildman–Crippen MR) is 133 cm³/mol. The molecule has 5 rings (SSSR count). The largest absolute Gasteiger partial charge is 0.452 e. The van der Waals surface area contributed by atoms with E-state index in [0.29, 0.717) is 28.6 Å². The van der Waals surface area contributed by atoms with Crippen LogP contribution in [0.3, 0.4) is 0 Å². The number of imide groups is 1. The summed E-state index contributed by atoms with van der Waals surface area (Å²) in [5, 5.41) is 0.372. The highest BCUT2D eigenvalue weighted by molar-refractivity contribution is 8.00. The molecule has 0 fully saturated rings. The Morgan fingerprint density at radius 1 is 0.914 bits per heavy atom. The van der Waals surface area contributed by atoms with E-state index in [4.69, 9.17) is 4.74 Å². The number of hydrogen-bond donors (Lipinski definition) is 0. The highest BCUT2D eigenvalue weighted by atomic mass is 32.2. The van der Waals surface area contributed by atoms with Gasteiger partial charge in [0.1, 0.15) is 0 Å². The molecule has 35 heavy (non-hydrogen) atoms. The van der Waals surface area contributed by atoms with Crippen LogP contribution in [0.2, 0.25) is 0 Å². The zero-order chi connectivity index (χ0) is 24.5. The molecule has 176 valence electrons. The highest BCUT2D eigenvalue weighted by Gasteiger charge is 2.36. The molecule has 2 aliphatic heterocycles. The Morgan fingerprint density at radius 3 is 2.23 bits per heavy atom. The van der Waals surface area contributed by atoms with Gasteiger partial charge >= 0.3 is 5.97 Å². The highest BCUT2D eigenvalue weighted by Crippen LogP contribution is 2.37. The Morgan fingerprint density at radius 2 is 1.54 bits per heavy atom. The van der Waals surface area contributed by atoms with Crippen LogP contribution in [-0.4, -0.2) is 42.1 Å². The normalized spacial score (nSPS) is 17.0. The third-order valence-corrected chi connectivity index (χ3v) is 7.26. The number of benzene rings is 3. The molecule has 8 heteroatoms. The number of carbonyl (C=O) groups excluding carboxylic acids is 4. The molecule has 0 N–H and O–H groups in total. The molecule has 3 amide bonds. The van der Waals surface area contributed by atoms with E-state index >= 15 is 0 Å². The second-order valence-corrected chi connectivity index (χ2v) is 9.82. The number of anilines is 2. The van der Waals surface area contributed by atoms with Crippen molar-refractivity contribution in [2.45, 2.75) is 23.5 Å². The predicted octanol–water partition coefficient (Wildman–Crippen LogP) is 4.56. The number of para-hydroxylation sites is 1. The minimum absolute atomic E-state index is 0.221. The fourth-order valence-electron chi connectivity index (χ4n) is 4.20. The summed E-state index contributed by atoms with van der Waals surface area (Å²) in [5.74, 6) is -1.75. The maximum Gasteiger partial charge on any atom is 0.338 e. The molecule has 3 aromatic carbocycles. The number of rotatable bonds is 4. The summed E-state index contributed by atoms with van der Waals surface area (Å²) in [4.78, 5) is 54.6. The van der Waals surface area contributed by atoms with E-state index < -0.39 is 17.8 Å². The second kappa shape index (κ2) is 9.38. The molecule has 2 aliphatic rings. The number of amides is 3. The molecule has 0 saturated heterocycles. The average molecular weight is 487 g/mol. The molecule has 0 saturated carbocycles. The van der Waals surface area contributed by atoms with Crippen LogP contribution in [-0.2, 0) is 9.53 Å². The van der Waals surface area contributed by atoms with Crippen molar-refractivity contribution in [3.8, 4) is 0 Å². The number of thioether (sulfide) groups is 1. The van der Waals surface area contributed by atoms with E-state index in [9.17, 15) is 19.2 Å². The van der Waals surface area contributed by atoms with Crippen molar-refractivity contribution in [1.29, 1.82) is 0 Å². The third-order valence-electron chi connectivity index (χ3n) is 6.03. The molecule has 0 radical (unpaired) electrons. The summed E-state index contributed by atoms with van der Waals surface area (Å²) in [6, 6.07) is 20.3. The van der Waals surface area contributed by atoms with Gasteiger partial charge in [-0.3, -0.25) is 14.4 Å². The summed E-state index contributed by atoms with van der Waals surface area (Å²) >= 11 is 1.73. The van der Waals surface area contributed by atoms with Crippen LogP contribution in [0.1, 0.15) is 44.4 Å². The molecule has 2 heterocycles. The van der Waals surface area contributed by atoms with Crippen LogP contribution in [0, 0.1) is 0 Å². The van der Waals surface area contributed by atoms with Crippen LogP contribution in [0.4, 0.5) is 11.4 Å². The van der Waals surface area contributed by atoms with E-state index in [2.05, 4.69) is 6.92 Å². The summed E-state index contributed by atoms with van der Waals surface area (Å²) in [6.45, 7) is 2.30. The molecule has 0 aliphatic carbocycles. The van der Waals surface area contributed by atoms with Gasteiger partial charge in [-0.1, -0.05) is 31.2 Å². The minimum Gasteiger partial charge on any atom is -0.452 e. The lowest BCUT2D eigenvalue weighted by Gasteiger charge is -2.22. The fourth-order valence-corrected chi connectivity index (χ4v) is 5.32. The third kappa shape index (κ3) is 4.33. The number of esters is 1. The van der Waals surface area contributed by atoms with E-state index in [0.717, 1.165) is 21.9 Å². The van der Waals surface area contributed by atoms with Crippen LogP contribution < -0.4 is 9.80 Å². The maximum atomic E-state index is 12.9. The number of ether oxygens (including phenoxy) is 1. The summed E-state index contributed by atoms with van der Waals surface area (Å²) in [5.41, 5.74) is 2.10. The van der Waals surface area contributed by atoms with E-state index in [1.807, 2.05) is 24.3 Å². The van der Waals surface area contributed by atoms with Crippen molar-refractivity contribution in [2.24, 2.45) is 0 Å². The van der Waals surface area contributed by atoms with Gasteiger partial charge in [-0.05, 0) is 55.0 Å². The second-order valence-electron chi connectivity index (χ2n) is 8.34. The lowest BCUT2D eigenvalue weighted by atomic mass is 10.1. The van der Waals surface area contributed by atoms with E-state index in [1.54, 1.807) is 40.9 Å².